The summed E-state index contributed by atoms with van der Waals surface area (Å²) in [6.07, 6.45) is 1.79. The summed E-state index contributed by atoms with van der Waals surface area (Å²) in [5.74, 6) is 2.22. The molecule has 0 spiro atoms. The molecular formula is C17H18BrClO3. The SMILES string of the molecule is COc1ccccc1OCCCCOc1ccc(Br)cc1Cl. The highest BCUT2D eigenvalue weighted by Gasteiger charge is 2.03. The highest BCUT2D eigenvalue weighted by molar-refractivity contribution is 9.10. The van der Waals surface area contributed by atoms with Crippen LogP contribution in [0.5, 0.6) is 17.2 Å². The molecule has 118 valence electrons. The molecule has 0 amide bonds. The third-order valence-corrected chi connectivity index (χ3v) is 3.81. The van der Waals surface area contributed by atoms with Crippen molar-refractivity contribution in [1.82, 2.24) is 0 Å². The summed E-state index contributed by atoms with van der Waals surface area (Å²) < 4.78 is 17.5. The van der Waals surface area contributed by atoms with Crippen LogP contribution in [0.3, 0.4) is 0 Å². The van der Waals surface area contributed by atoms with E-state index in [1.165, 1.54) is 0 Å². The Balaban J connectivity index is 1.67. The van der Waals surface area contributed by atoms with Gasteiger partial charge in [-0.15, -0.1) is 0 Å². The van der Waals surface area contributed by atoms with E-state index < -0.39 is 0 Å². The largest absolute Gasteiger partial charge is 0.493 e. The van der Waals surface area contributed by atoms with Gasteiger partial charge in [-0.25, -0.2) is 0 Å². The maximum Gasteiger partial charge on any atom is 0.161 e. The normalized spacial score (nSPS) is 10.3. The topological polar surface area (TPSA) is 27.7 Å². The number of rotatable bonds is 8. The van der Waals surface area contributed by atoms with Gasteiger partial charge in [0.15, 0.2) is 11.5 Å². The number of benzene rings is 2. The number of hydrogen-bond acceptors (Lipinski definition) is 3. The van der Waals surface area contributed by atoms with Crippen molar-refractivity contribution in [1.29, 1.82) is 0 Å². The molecule has 0 bridgehead atoms. The van der Waals surface area contributed by atoms with Gasteiger partial charge in [0, 0.05) is 4.47 Å². The van der Waals surface area contributed by atoms with E-state index in [9.17, 15) is 0 Å². The van der Waals surface area contributed by atoms with E-state index in [1.807, 2.05) is 42.5 Å². The van der Waals surface area contributed by atoms with Crippen LogP contribution < -0.4 is 14.2 Å². The fourth-order valence-corrected chi connectivity index (χ4v) is 2.63. The molecular weight excluding hydrogens is 368 g/mol. The molecule has 0 atom stereocenters. The van der Waals surface area contributed by atoms with E-state index in [0.717, 1.165) is 28.8 Å². The van der Waals surface area contributed by atoms with Gasteiger partial charge < -0.3 is 14.2 Å². The second-order valence-electron chi connectivity index (χ2n) is 4.63. The number of para-hydroxylation sites is 2. The lowest BCUT2D eigenvalue weighted by Gasteiger charge is -2.11. The highest BCUT2D eigenvalue weighted by Crippen LogP contribution is 2.28. The van der Waals surface area contributed by atoms with Gasteiger partial charge in [-0.05, 0) is 43.2 Å². The molecule has 0 N–H and O–H groups in total. The zero-order valence-electron chi connectivity index (χ0n) is 12.4. The van der Waals surface area contributed by atoms with E-state index in [1.54, 1.807) is 7.11 Å². The molecule has 0 aliphatic heterocycles. The molecule has 0 fully saturated rings. The first-order valence-corrected chi connectivity index (χ1v) is 8.21. The van der Waals surface area contributed by atoms with Gasteiger partial charge in [0.05, 0.1) is 25.3 Å². The number of unbranched alkanes of at least 4 members (excludes halogenated alkanes) is 1. The molecule has 3 nitrogen and oxygen atoms in total. The molecule has 0 saturated carbocycles. The molecule has 0 aromatic heterocycles. The Labute approximate surface area is 144 Å². The predicted octanol–water partition coefficient (Wildman–Crippen LogP) is 5.35. The summed E-state index contributed by atoms with van der Waals surface area (Å²) in [6, 6.07) is 13.2. The fourth-order valence-electron chi connectivity index (χ4n) is 1.90. The van der Waals surface area contributed by atoms with Crippen molar-refractivity contribution in [3.05, 3.63) is 52.0 Å². The molecule has 0 radical (unpaired) electrons. The molecule has 2 aromatic carbocycles. The monoisotopic (exact) mass is 384 g/mol. The summed E-state index contributed by atoms with van der Waals surface area (Å²) in [5, 5.41) is 0.611. The summed E-state index contributed by atoms with van der Waals surface area (Å²) >= 11 is 9.46. The van der Waals surface area contributed by atoms with E-state index in [4.69, 9.17) is 25.8 Å². The number of hydrogen-bond donors (Lipinski definition) is 0. The first-order valence-electron chi connectivity index (χ1n) is 7.04. The van der Waals surface area contributed by atoms with Crippen molar-refractivity contribution in [2.45, 2.75) is 12.8 Å². The van der Waals surface area contributed by atoms with Crippen LogP contribution in [0.15, 0.2) is 46.9 Å². The zero-order chi connectivity index (χ0) is 15.8. The molecule has 0 aliphatic rings. The lowest BCUT2D eigenvalue weighted by Crippen LogP contribution is -2.03. The molecule has 22 heavy (non-hydrogen) atoms. The Bertz CT molecular complexity index is 604. The van der Waals surface area contributed by atoms with Gasteiger partial charge in [-0.1, -0.05) is 39.7 Å². The summed E-state index contributed by atoms with van der Waals surface area (Å²) in [7, 11) is 1.64. The lowest BCUT2D eigenvalue weighted by molar-refractivity contribution is 0.258. The van der Waals surface area contributed by atoms with E-state index in [2.05, 4.69) is 15.9 Å². The van der Waals surface area contributed by atoms with Gasteiger partial charge in [-0.2, -0.15) is 0 Å². The van der Waals surface area contributed by atoms with Crippen LogP contribution in [0.25, 0.3) is 0 Å². The van der Waals surface area contributed by atoms with Crippen molar-refractivity contribution in [3.8, 4) is 17.2 Å². The van der Waals surface area contributed by atoms with Gasteiger partial charge in [-0.3, -0.25) is 0 Å². The van der Waals surface area contributed by atoms with Gasteiger partial charge >= 0.3 is 0 Å². The maximum atomic E-state index is 6.09. The second kappa shape index (κ2) is 8.91. The lowest BCUT2D eigenvalue weighted by atomic mass is 10.3. The molecule has 0 unspecified atom stereocenters. The maximum absolute atomic E-state index is 6.09. The number of ether oxygens (including phenoxy) is 3. The molecule has 2 aromatic rings. The summed E-state index contributed by atoms with van der Waals surface area (Å²) in [6.45, 7) is 1.23. The number of methoxy groups -OCH3 is 1. The Hall–Kier alpha value is -1.39. The van der Waals surface area contributed by atoms with Crippen LogP contribution in [0.1, 0.15) is 12.8 Å². The summed E-state index contributed by atoms with van der Waals surface area (Å²) in [4.78, 5) is 0. The Kier molecular flexibility index (Phi) is 6.87. The molecule has 0 heterocycles. The third-order valence-electron chi connectivity index (χ3n) is 3.02. The van der Waals surface area contributed by atoms with Gasteiger partial charge in [0.1, 0.15) is 5.75 Å². The van der Waals surface area contributed by atoms with Crippen LogP contribution in [-0.2, 0) is 0 Å². The smallest absolute Gasteiger partial charge is 0.161 e. The molecule has 0 aliphatic carbocycles. The quantitative estimate of drug-likeness (QED) is 0.573. The Morgan fingerprint density at radius 3 is 2.18 bits per heavy atom. The van der Waals surface area contributed by atoms with Crippen LogP contribution in [-0.4, -0.2) is 20.3 Å². The van der Waals surface area contributed by atoms with E-state index in [0.29, 0.717) is 24.0 Å². The molecule has 2 rings (SSSR count). The van der Waals surface area contributed by atoms with Crippen molar-refractivity contribution in [3.63, 3.8) is 0 Å². The zero-order valence-corrected chi connectivity index (χ0v) is 14.7. The van der Waals surface area contributed by atoms with Gasteiger partial charge in [0.25, 0.3) is 0 Å². The molecule has 5 heteroatoms. The standard InChI is InChI=1S/C17H18BrClO3/c1-20-16-6-2-3-7-17(16)22-11-5-4-10-21-15-9-8-13(18)12-14(15)19/h2-3,6-9,12H,4-5,10-11H2,1H3. The first-order chi connectivity index (χ1) is 10.7. The number of halogens is 2. The average molecular weight is 386 g/mol. The average Bonchev–Trinajstić information content (AvgIpc) is 2.52. The van der Waals surface area contributed by atoms with Crippen LogP contribution in [0.2, 0.25) is 5.02 Å². The van der Waals surface area contributed by atoms with Gasteiger partial charge in [0.2, 0.25) is 0 Å². The highest BCUT2D eigenvalue weighted by atomic mass is 79.9. The van der Waals surface area contributed by atoms with E-state index >= 15 is 0 Å². The second-order valence-corrected chi connectivity index (χ2v) is 5.95. The Morgan fingerprint density at radius 1 is 0.909 bits per heavy atom. The Morgan fingerprint density at radius 2 is 1.55 bits per heavy atom. The fraction of sp³-hybridized carbons (Fsp3) is 0.294. The van der Waals surface area contributed by atoms with Crippen molar-refractivity contribution in [2.75, 3.05) is 20.3 Å². The van der Waals surface area contributed by atoms with Crippen molar-refractivity contribution >= 4 is 27.5 Å². The minimum absolute atomic E-state index is 0.608. The molecule has 0 saturated heterocycles. The van der Waals surface area contributed by atoms with Crippen LogP contribution in [0.4, 0.5) is 0 Å². The predicted molar refractivity (Wildman–Crippen MR) is 92.4 cm³/mol. The van der Waals surface area contributed by atoms with Crippen LogP contribution >= 0.6 is 27.5 Å². The minimum Gasteiger partial charge on any atom is -0.493 e. The van der Waals surface area contributed by atoms with Crippen molar-refractivity contribution < 1.29 is 14.2 Å². The first kappa shape index (κ1) is 17.0. The third kappa shape index (κ3) is 5.11. The summed E-state index contributed by atoms with van der Waals surface area (Å²) in [5.41, 5.74) is 0. The van der Waals surface area contributed by atoms with Crippen LogP contribution in [0, 0.1) is 0 Å². The minimum atomic E-state index is 0.608. The van der Waals surface area contributed by atoms with Crippen molar-refractivity contribution in [2.24, 2.45) is 0 Å². The van der Waals surface area contributed by atoms with E-state index in [-0.39, 0.29) is 0 Å².